The van der Waals surface area contributed by atoms with Crippen LogP contribution >= 0.6 is 22.9 Å². The first-order valence-corrected chi connectivity index (χ1v) is 11.6. The Kier molecular flexibility index (Phi) is 6.99. The molecule has 0 aliphatic carbocycles. The Morgan fingerprint density at radius 3 is 2.76 bits per heavy atom. The van der Waals surface area contributed by atoms with Crippen molar-refractivity contribution in [2.75, 3.05) is 13.6 Å². The van der Waals surface area contributed by atoms with Crippen LogP contribution in [0.5, 0.6) is 0 Å². The lowest BCUT2D eigenvalue weighted by Crippen LogP contribution is -2.29. The van der Waals surface area contributed by atoms with Crippen molar-refractivity contribution in [1.29, 1.82) is 0 Å². The topological polar surface area (TPSA) is 87.7 Å². The van der Waals surface area contributed by atoms with Crippen molar-refractivity contribution in [2.24, 2.45) is 7.05 Å². The monoisotopic (exact) mass is 485 g/mol. The first-order valence-electron chi connectivity index (χ1n) is 10.4. The second-order valence-electron chi connectivity index (χ2n) is 7.95. The highest BCUT2D eigenvalue weighted by Crippen LogP contribution is 2.25. The van der Waals surface area contributed by atoms with E-state index in [0.29, 0.717) is 35.8 Å². The van der Waals surface area contributed by atoms with Gasteiger partial charge in [0.1, 0.15) is 22.3 Å². The Labute approximate surface area is 199 Å². The number of aliphatic hydroxyl groups excluding tert-OH is 1. The average Bonchev–Trinajstić information content (AvgIpc) is 3.46. The van der Waals surface area contributed by atoms with Gasteiger partial charge in [0.25, 0.3) is 5.91 Å². The summed E-state index contributed by atoms with van der Waals surface area (Å²) in [4.78, 5) is 29.5. The number of hydrogen-bond donors (Lipinski definition) is 2. The number of amides is 1. The van der Waals surface area contributed by atoms with Crippen LogP contribution in [0.25, 0.3) is 10.2 Å². The van der Waals surface area contributed by atoms with E-state index in [9.17, 15) is 14.7 Å². The van der Waals surface area contributed by atoms with E-state index in [4.69, 9.17) is 16.0 Å². The van der Waals surface area contributed by atoms with Crippen LogP contribution in [-0.4, -0.2) is 34.1 Å². The van der Waals surface area contributed by atoms with Crippen molar-refractivity contribution >= 4 is 39.1 Å². The van der Waals surface area contributed by atoms with E-state index in [2.05, 4.69) is 5.32 Å². The Hall–Kier alpha value is -2.91. The third-order valence-corrected chi connectivity index (χ3v) is 6.75. The Morgan fingerprint density at radius 2 is 2.06 bits per heavy atom. The van der Waals surface area contributed by atoms with Crippen molar-refractivity contribution in [3.63, 3.8) is 0 Å². The SMILES string of the molecule is CN(Cc1cc2c(=O)c(C(=O)NCc3ccc(Cl)cc3)cn(C)c2s1)C[C@@H](O)c1ccco1. The van der Waals surface area contributed by atoms with Gasteiger partial charge in [-0.15, -0.1) is 11.3 Å². The van der Waals surface area contributed by atoms with Gasteiger partial charge < -0.3 is 19.4 Å². The molecule has 0 saturated carbocycles. The second-order valence-corrected chi connectivity index (χ2v) is 9.50. The molecule has 0 fully saturated rings. The number of fused-ring (bicyclic) bond motifs is 1. The number of furan rings is 1. The molecule has 7 nitrogen and oxygen atoms in total. The number of nitrogens with one attached hydrogen (secondary N) is 1. The summed E-state index contributed by atoms with van der Waals surface area (Å²) in [5, 5.41) is 14.2. The van der Waals surface area contributed by atoms with Gasteiger partial charge in [-0.25, -0.2) is 0 Å². The predicted molar refractivity (Wildman–Crippen MR) is 130 cm³/mol. The van der Waals surface area contributed by atoms with E-state index >= 15 is 0 Å². The van der Waals surface area contributed by atoms with Crippen molar-refractivity contribution in [2.45, 2.75) is 19.2 Å². The summed E-state index contributed by atoms with van der Waals surface area (Å²) in [5.74, 6) is 0.0968. The summed E-state index contributed by atoms with van der Waals surface area (Å²) in [7, 11) is 3.71. The fourth-order valence-electron chi connectivity index (χ4n) is 3.63. The maximum Gasteiger partial charge on any atom is 0.257 e. The molecule has 0 aliphatic heterocycles. The molecule has 0 unspecified atom stereocenters. The lowest BCUT2D eigenvalue weighted by molar-refractivity contribution is 0.0949. The highest BCUT2D eigenvalue weighted by molar-refractivity contribution is 7.18. The minimum Gasteiger partial charge on any atom is -0.467 e. The van der Waals surface area contributed by atoms with Crippen LogP contribution in [0.3, 0.4) is 0 Å². The molecule has 9 heteroatoms. The number of aromatic nitrogens is 1. The Morgan fingerprint density at radius 1 is 1.30 bits per heavy atom. The van der Waals surface area contributed by atoms with Crippen molar-refractivity contribution in [3.05, 3.63) is 91.9 Å². The molecule has 2 N–H and O–H groups in total. The zero-order valence-electron chi connectivity index (χ0n) is 18.2. The van der Waals surface area contributed by atoms with Crippen LogP contribution in [0.15, 0.2) is 64.1 Å². The summed E-state index contributed by atoms with van der Waals surface area (Å²) in [6.07, 6.45) is 2.37. The number of aryl methyl sites for hydroxylation is 1. The van der Waals surface area contributed by atoms with Crippen LogP contribution in [-0.2, 0) is 20.1 Å². The predicted octanol–water partition coefficient (Wildman–Crippen LogP) is 3.94. The highest BCUT2D eigenvalue weighted by atomic mass is 35.5. The van der Waals surface area contributed by atoms with E-state index in [1.54, 1.807) is 35.0 Å². The van der Waals surface area contributed by atoms with Gasteiger partial charge in [0.15, 0.2) is 0 Å². The first kappa shape index (κ1) is 23.3. The molecule has 1 aromatic carbocycles. The van der Waals surface area contributed by atoms with E-state index in [1.165, 1.54) is 17.6 Å². The largest absolute Gasteiger partial charge is 0.467 e. The molecule has 1 amide bonds. The van der Waals surface area contributed by atoms with Gasteiger partial charge in [0.05, 0.1) is 11.6 Å². The van der Waals surface area contributed by atoms with Gasteiger partial charge in [-0.05, 0) is 42.9 Å². The molecule has 0 spiro atoms. The van der Waals surface area contributed by atoms with Crippen LogP contribution in [0.2, 0.25) is 5.02 Å². The second kappa shape index (κ2) is 9.93. The number of thiophene rings is 1. The molecule has 3 aromatic heterocycles. The summed E-state index contributed by atoms with van der Waals surface area (Å²) in [6.45, 7) is 1.24. The highest BCUT2D eigenvalue weighted by Gasteiger charge is 2.18. The van der Waals surface area contributed by atoms with Gasteiger partial charge >= 0.3 is 0 Å². The molecule has 0 aliphatic rings. The first-order chi connectivity index (χ1) is 15.8. The van der Waals surface area contributed by atoms with Gasteiger partial charge in [-0.2, -0.15) is 0 Å². The van der Waals surface area contributed by atoms with Crippen LogP contribution in [0.4, 0.5) is 0 Å². The molecular weight excluding hydrogens is 462 g/mol. The van der Waals surface area contributed by atoms with Gasteiger partial charge in [-0.3, -0.25) is 14.5 Å². The van der Waals surface area contributed by atoms with Crippen molar-refractivity contribution in [1.82, 2.24) is 14.8 Å². The smallest absolute Gasteiger partial charge is 0.257 e. The third-order valence-electron chi connectivity index (χ3n) is 5.29. The standard InChI is InChI=1S/C24H24ClN3O4S/c1-27(14-20(29)21-4-3-9-32-21)12-17-10-18-22(30)19(13-28(2)24(18)33-17)23(31)26-11-15-5-7-16(25)8-6-15/h3-10,13,20,29H,11-12,14H2,1-2H3,(H,26,31)/t20-/m1/s1. The number of rotatable bonds is 8. The lowest BCUT2D eigenvalue weighted by Gasteiger charge is -2.18. The maximum atomic E-state index is 13.1. The zero-order chi connectivity index (χ0) is 23.5. The van der Waals surface area contributed by atoms with Crippen LogP contribution in [0.1, 0.15) is 32.7 Å². The molecule has 0 radical (unpaired) electrons. The molecule has 1 atom stereocenters. The van der Waals surface area contributed by atoms with Crippen LogP contribution < -0.4 is 10.7 Å². The lowest BCUT2D eigenvalue weighted by atomic mass is 10.2. The quantitative estimate of drug-likeness (QED) is 0.394. The number of hydrogen-bond acceptors (Lipinski definition) is 6. The van der Waals surface area contributed by atoms with E-state index < -0.39 is 12.0 Å². The van der Waals surface area contributed by atoms with Gasteiger partial charge in [0.2, 0.25) is 5.43 Å². The Bertz CT molecular complexity index is 1310. The number of aliphatic hydroxyl groups is 1. The number of halogens is 1. The van der Waals surface area contributed by atoms with Gasteiger partial charge in [0, 0.05) is 42.8 Å². The minimum absolute atomic E-state index is 0.102. The normalized spacial score (nSPS) is 12.4. The molecule has 4 aromatic rings. The molecule has 0 bridgehead atoms. The van der Waals surface area contributed by atoms with Crippen LogP contribution in [0, 0.1) is 0 Å². The molecule has 0 saturated heterocycles. The Balaban J connectivity index is 1.49. The molecular formula is C24H24ClN3O4S. The summed E-state index contributed by atoms with van der Waals surface area (Å²) >= 11 is 7.39. The van der Waals surface area contributed by atoms with Crippen molar-refractivity contribution < 1.29 is 14.3 Å². The van der Waals surface area contributed by atoms with Gasteiger partial charge in [-0.1, -0.05) is 23.7 Å². The number of pyridine rings is 1. The summed E-state index contributed by atoms with van der Waals surface area (Å²) in [6, 6.07) is 12.5. The molecule has 33 heavy (non-hydrogen) atoms. The fraction of sp³-hybridized carbons (Fsp3) is 0.250. The zero-order valence-corrected chi connectivity index (χ0v) is 19.8. The number of carbonyl (C=O) groups excluding carboxylic acids is 1. The number of benzene rings is 1. The fourth-order valence-corrected chi connectivity index (χ4v) is 4.92. The third kappa shape index (κ3) is 5.36. The number of nitrogens with zero attached hydrogens (tertiary/aromatic N) is 2. The number of carbonyl (C=O) groups is 1. The summed E-state index contributed by atoms with van der Waals surface area (Å²) < 4.78 is 7.06. The summed E-state index contributed by atoms with van der Waals surface area (Å²) in [5.41, 5.74) is 0.700. The van der Waals surface area contributed by atoms with E-state index in [0.717, 1.165) is 15.3 Å². The van der Waals surface area contributed by atoms with E-state index in [1.807, 2.05) is 37.2 Å². The maximum absolute atomic E-state index is 13.1. The average molecular weight is 486 g/mol. The number of likely N-dealkylation sites (N-methyl/N-ethyl adjacent to an activating group) is 1. The molecule has 4 rings (SSSR count). The van der Waals surface area contributed by atoms with Crippen molar-refractivity contribution in [3.8, 4) is 0 Å². The molecule has 3 heterocycles. The molecule has 172 valence electrons. The van der Waals surface area contributed by atoms with E-state index in [-0.39, 0.29) is 11.0 Å². The minimum atomic E-state index is -0.735.